The molecule has 204 valence electrons. The molecule has 1 aliphatic heterocycles. The van der Waals surface area contributed by atoms with Crippen molar-refractivity contribution in [3.8, 4) is 11.8 Å². The van der Waals surface area contributed by atoms with Gasteiger partial charge in [0.1, 0.15) is 35.5 Å². The summed E-state index contributed by atoms with van der Waals surface area (Å²) in [6, 6.07) is 36.2. The van der Waals surface area contributed by atoms with Crippen LogP contribution in [0, 0.1) is 11.8 Å². The molecule has 0 bridgehead atoms. The fourth-order valence-corrected chi connectivity index (χ4v) is 4.92. The number of imidazole rings is 1. The van der Waals surface area contributed by atoms with E-state index >= 15 is 0 Å². The highest BCUT2D eigenvalue weighted by Crippen LogP contribution is 2.34. The predicted octanol–water partition coefficient (Wildman–Crippen LogP) is 6.12. The summed E-state index contributed by atoms with van der Waals surface area (Å²) in [6.45, 7) is 1.86. The quantitative estimate of drug-likeness (QED) is 0.211. The van der Waals surface area contributed by atoms with Gasteiger partial charge in [-0.3, -0.25) is 0 Å². The first kappa shape index (κ1) is 26.7. The Bertz CT molecular complexity index is 1580. The summed E-state index contributed by atoms with van der Waals surface area (Å²) in [7, 11) is 0. The minimum atomic E-state index is -0.459. The highest BCUT2D eigenvalue weighted by Gasteiger charge is 2.41. The Labute approximate surface area is 240 Å². The van der Waals surface area contributed by atoms with Crippen LogP contribution in [0.4, 0.5) is 0 Å². The van der Waals surface area contributed by atoms with Crippen LogP contribution in [0.5, 0.6) is 0 Å². The first-order valence-corrected chi connectivity index (χ1v) is 13.8. The Morgan fingerprint density at radius 3 is 1.83 bits per heavy atom. The number of hydrogen-bond donors (Lipinski definition) is 0. The van der Waals surface area contributed by atoms with Crippen LogP contribution in [0.2, 0.25) is 0 Å². The monoisotopic (exact) mass is 541 g/mol. The van der Waals surface area contributed by atoms with E-state index in [0.29, 0.717) is 32.1 Å². The van der Waals surface area contributed by atoms with Crippen molar-refractivity contribution in [2.24, 2.45) is 0 Å². The number of aromatic nitrogens is 3. The molecule has 3 heterocycles. The summed E-state index contributed by atoms with van der Waals surface area (Å²) in [4.78, 5) is 9.14. The van der Waals surface area contributed by atoms with Crippen LogP contribution in [-0.2, 0) is 40.6 Å². The average Bonchev–Trinajstić information content (AvgIpc) is 3.45. The minimum absolute atomic E-state index is 0.295. The van der Waals surface area contributed by atoms with E-state index in [9.17, 15) is 0 Å². The molecule has 0 N–H and O–H groups in total. The second-order valence-electron chi connectivity index (χ2n) is 9.89. The first-order chi connectivity index (χ1) is 20.3. The van der Waals surface area contributed by atoms with Gasteiger partial charge in [-0.15, -0.1) is 0 Å². The molecule has 3 aromatic carbocycles. The van der Waals surface area contributed by atoms with Crippen LogP contribution < -0.4 is 0 Å². The SMILES string of the molecule is C(#Cc1cnc2n1C[C@H](OCc1ccccc1)[C@H](OCc1ccccc1)[C@H]2OCc1ccccc1)c1ccccn1. The lowest BCUT2D eigenvalue weighted by molar-refractivity contribution is -0.171. The van der Waals surface area contributed by atoms with E-state index in [1.807, 2.05) is 72.8 Å². The molecule has 41 heavy (non-hydrogen) atoms. The second-order valence-corrected chi connectivity index (χ2v) is 9.89. The average molecular weight is 542 g/mol. The molecule has 0 unspecified atom stereocenters. The van der Waals surface area contributed by atoms with E-state index in [1.54, 1.807) is 12.4 Å². The van der Waals surface area contributed by atoms with Crippen LogP contribution in [0.3, 0.4) is 0 Å². The van der Waals surface area contributed by atoms with Gasteiger partial charge >= 0.3 is 0 Å². The first-order valence-electron chi connectivity index (χ1n) is 13.8. The van der Waals surface area contributed by atoms with Gasteiger partial charge in [0.05, 0.1) is 32.6 Å². The summed E-state index contributed by atoms with van der Waals surface area (Å²) in [5.41, 5.74) is 4.76. The lowest BCUT2D eigenvalue weighted by Gasteiger charge is -2.38. The molecule has 0 fully saturated rings. The van der Waals surface area contributed by atoms with Crippen molar-refractivity contribution in [2.45, 2.75) is 44.7 Å². The summed E-state index contributed by atoms with van der Waals surface area (Å²) in [5, 5.41) is 0. The molecule has 5 aromatic rings. The lowest BCUT2D eigenvalue weighted by atomic mass is 10.0. The maximum atomic E-state index is 6.62. The molecule has 0 saturated heterocycles. The summed E-state index contributed by atoms with van der Waals surface area (Å²) >= 11 is 0. The molecule has 3 atom stereocenters. The zero-order chi connectivity index (χ0) is 27.7. The molecular formula is C35H31N3O3. The van der Waals surface area contributed by atoms with Gasteiger partial charge in [0.25, 0.3) is 0 Å². The number of ether oxygens (including phenoxy) is 3. The third kappa shape index (κ3) is 6.79. The maximum absolute atomic E-state index is 6.62. The molecule has 0 saturated carbocycles. The molecular weight excluding hydrogens is 510 g/mol. The summed E-state index contributed by atoms with van der Waals surface area (Å²) < 4.78 is 21.9. The second kappa shape index (κ2) is 13.2. The van der Waals surface area contributed by atoms with Crippen molar-refractivity contribution in [3.63, 3.8) is 0 Å². The highest BCUT2D eigenvalue weighted by molar-refractivity contribution is 5.37. The standard InChI is InChI=1S/C35H31N3O3/c1-4-12-27(13-5-1)24-39-32-23-38-31(20-19-30-18-10-11-21-36-30)22-37-35(38)34(41-26-29-16-8-3-9-17-29)33(32)40-25-28-14-6-2-7-15-28/h1-18,21-22,32-34H,23-26H2/t32-,33-,34+/m0/s1. The molecule has 0 spiro atoms. The Balaban J connectivity index is 1.33. The van der Waals surface area contributed by atoms with Crippen LogP contribution >= 0.6 is 0 Å². The molecule has 6 heteroatoms. The maximum Gasteiger partial charge on any atom is 0.144 e. The number of fused-ring (bicyclic) bond motifs is 1. The van der Waals surface area contributed by atoms with Gasteiger partial charge in [-0.05, 0) is 40.7 Å². The van der Waals surface area contributed by atoms with Gasteiger partial charge in [0.2, 0.25) is 0 Å². The van der Waals surface area contributed by atoms with Crippen molar-refractivity contribution >= 4 is 0 Å². The summed E-state index contributed by atoms with van der Waals surface area (Å²) in [5.74, 6) is 7.21. The number of pyridine rings is 1. The van der Waals surface area contributed by atoms with Crippen molar-refractivity contribution in [3.05, 3.63) is 155 Å². The van der Waals surface area contributed by atoms with E-state index in [-0.39, 0.29) is 12.2 Å². The van der Waals surface area contributed by atoms with Gasteiger partial charge < -0.3 is 18.8 Å². The largest absolute Gasteiger partial charge is 0.369 e. The molecule has 1 aliphatic rings. The molecule has 0 amide bonds. The predicted molar refractivity (Wildman–Crippen MR) is 156 cm³/mol. The van der Waals surface area contributed by atoms with E-state index in [4.69, 9.17) is 19.2 Å². The number of hydrogen-bond acceptors (Lipinski definition) is 5. The fourth-order valence-electron chi connectivity index (χ4n) is 4.92. The lowest BCUT2D eigenvalue weighted by Crippen LogP contribution is -2.46. The van der Waals surface area contributed by atoms with Crippen LogP contribution in [0.1, 0.15) is 40.0 Å². The number of nitrogens with zero attached hydrogens (tertiary/aromatic N) is 3. The van der Waals surface area contributed by atoms with Crippen molar-refractivity contribution in [2.75, 3.05) is 0 Å². The van der Waals surface area contributed by atoms with Gasteiger partial charge in [-0.25, -0.2) is 9.97 Å². The Hall–Kier alpha value is -4.54. The normalized spacial score (nSPS) is 17.8. The van der Waals surface area contributed by atoms with Crippen LogP contribution in [0.25, 0.3) is 0 Å². The molecule has 2 aromatic heterocycles. The molecule has 6 nitrogen and oxygen atoms in total. The zero-order valence-electron chi connectivity index (χ0n) is 22.7. The Morgan fingerprint density at radius 1 is 0.634 bits per heavy atom. The smallest absolute Gasteiger partial charge is 0.144 e. The number of rotatable bonds is 9. The van der Waals surface area contributed by atoms with Crippen molar-refractivity contribution in [1.29, 1.82) is 0 Å². The molecule has 6 rings (SSSR count). The fraction of sp³-hybridized carbons (Fsp3) is 0.200. The van der Waals surface area contributed by atoms with Crippen LogP contribution in [0.15, 0.2) is 122 Å². The molecule has 0 radical (unpaired) electrons. The highest BCUT2D eigenvalue weighted by atomic mass is 16.6. The molecule has 0 aliphatic carbocycles. The van der Waals surface area contributed by atoms with E-state index in [0.717, 1.165) is 28.2 Å². The van der Waals surface area contributed by atoms with E-state index < -0.39 is 6.10 Å². The van der Waals surface area contributed by atoms with Crippen molar-refractivity contribution < 1.29 is 14.2 Å². The third-order valence-corrected chi connectivity index (χ3v) is 7.02. The van der Waals surface area contributed by atoms with Gasteiger partial charge in [0.15, 0.2) is 0 Å². The topological polar surface area (TPSA) is 58.4 Å². The van der Waals surface area contributed by atoms with Gasteiger partial charge in [-0.1, -0.05) is 97.1 Å². The van der Waals surface area contributed by atoms with Crippen LogP contribution in [-0.4, -0.2) is 26.7 Å². The Morgan fingerprint density at radius 2 is 1.22 bits per heavy atom. The minimum Gasteiger partial charge on any atom is -0.369 e. The zero-order valence-corrected chi connectivity index (χ0v) is 22.7. The van der Waals surface area contributed by atoms with Gasteiger partial charge in [-0.2, -0.15) is 0 Å². The van der Waals surface area contributed by atoms with E-state index in [1.165, 1.54) is 0 Å². The van der Waals surface area contributed by atoms with Crippen molar-refractivity contribution in [1.82, 2.24) is 14.5 Å². The van der Waals surface area contributed by atoms with Gasteiger partial charge in [0, 0.05) is 6.20 Å². The third-order valence-electron chi connectivity index (χ3n) is 7.02. The van der Waals surface area contributed by atoms with E-state index in [2.05, 4.69) is 57.8 Å². The Kier molecular flexibility index (Phi) is 8.59. The summed E-state index contributed by atoms with van der Waals surface area (Å²) in [6.07, 6.45) is 2.41. The number of benzene rings is 3.